The highest BCUT2D eigenvalue weighted by Gasteiger charge is 1.99. The van der Waals surface area contributed by atoms with Gasteiger partial charge in [0, 0.05) is 32.5 Å². The van der Waals surface area contributed by atoms with Gasteiger partial charge in [-0.25, -0.2) is 0 Å². The summed E-state index contributed by atoms with van der Waals surface area (Å²) in [4.78, 5) is 4.21. The Morgan fingerprint density at radius 2 is 1.92 bits per heavy atom. The minimum Gasteiger partial charge on any atom is -0.492 e. The van der Waals surface area contributed by atoms with Gasteiger partial charge < -0.3 is 15.4 Å². The molecule has 0 bridgehead atoms. The summed E-state index contributed by atoms with van der Waals surface area (Å²) >= 11 is 0. The zero-order valence-electron chi connectivity index (χ0n) is 14.7. The van der Waals surface area contributed by atoms with Crippen LogP contribution in [0.25, 0.3) is 0 Å². The van der Waals surface area contributed by atoms with Crippen LogP contribution in [0.15, 0.2) is 41.7 Å². The molecule has 6 nitrogen and oxygen atoms in total. The van der Waals surface area contributed by atoms with Crippen molar-refractivity contribution < 1.29 is 4.74 Å². The van der Waals surface area contributed by atoms with Crippen molar-refractivity contribution in [2.45, 2.75) is 26.8 Å². The smallest absolute Gasteiger partial charge is 0.191 e. The van der Waals surface area contributed by atoms with Crippen molar-refractivity contribution >= 4 is 5.96 Å². The van der Waals surface area contributed by atoms with E-state index < -0.39 is 0 Å². The van der Waals surface area contributed by atoms with Gasteiger partial charge in [0.15, 0.2) is 5.96 Å². The van der Waals surface area contributed by atoms with Gasteiger partial charge in [-0.15, -0.1) is 0 Å². The molecule has 2 N–H and O–H groups in total. The zero-order chi connectivity index (χ0) is 17.2. The molecule has 24 heavy (non-hydrogen) atoms. The predicted molar refractivity (Wildman–Crippen MR) is 97.6 cm³/mol. The van der Waals surface area contributed by atoms with Gasteiger partial charge >= 0.3 is 0 Å². The molecule has 0 fully saturated rings. The van der Waals surface area contributed by atoms with E-state index in [1.165, 1.54) is 11.1 Å². The SMILES string of the molecule is CN=C(NCCCn1cccn1)NCCOc1cc(C)cc(C)c1. The fourth-order valence-electron chi connectivity index (χ4n) is 2.46. The number of rotatable bonds is 8. The molecule has 0 radical (unpaired) electrons. The van der Waals surface area contributed by atoms with E-state index in [1.54, 1.807) is 13.2 Å². The maximum atomic E-state index is 5.78. The van der Waals surface area contributed by atoms with E-state index in [9.17, 15) is 0 Å². The molecule has 0 aliphatic carbocycles. The Kier molecular flexibility index (Phi) is 7.14. The minimum absolute atomic E-state index is 0.594. The Bertz CT molecular complexity index is 617. The van der Waals surface area contributed by atoms with Crippen molar-refractivity contribution in [2.75, 3.05) is 26.7 Å². The number of guanidine groups is 1. The number of nitrogens with one attached hydrogen (secondary N) is 2. The molecule has 0 amide bonds. The summed E-state index contributed by atoms with van der Waals surface area (Å²) in [6.45, 7) is 7.19. The molecule has 0 saturated carbocycles. The maximum Gasteiger partial charge on any atom is 0.191 e. The molecule has 130 valence electrons. The molecule has 6 heteroatoms. The first-order valence-corrected chi connectivity index (χ1v) is 8.30. The second-order valence-electron chi connectivity index (χ2n) is 5.72. The lowest BCUT2D eigenvalue weighted by atomic mass is 10.1. The molecule has 0 aliphatic heterocycles. The molecule has 1 aromatic heterocycles. The number of hydrogen-bond acceptors (Lipinski definition) is 3. The summed E-state index contributed by atoms with van der Waals surface area (Å²) in [5, 5.41) is 10.7. The van der Waals surface area contributed by atoms with Crippen LogP contribution in [-0.4, -0.2) is 42.5 Å². The largest absolute Gasteiger partial charge is 0.492 e. The van der Waals surface area contributed by atoms with Gasteiger partial charge in [-0.1, -0.05) is 6.07 Å². The zero-order valence-corrected chi connectivity index (χ0v) is 14.7. The molecule has 1 heterocycles. The molecule has 1 aromatic carbocycles. The first kappa shape index (κ1) is 17.8. The van der Waals surface area contributed by atoms with Crippen LogP contribution >= 0.6 is 0 Å². The Labute approximate surface area is 143 Å². The van der Waals surface area contributed by atoms with Crippen molar-refractivity contribution in [1.29, 1.82) is 0 Å². The van der Waals surface area contributed by atoms with Gasteiger partial charge in [-0.05, 0) is 49.6 Å². The number of nitrogens with zero attached hydrogens (tertiary/aromatic N) is 3. The van der Waals surface area contributed by atoms with E-state index >= 15 is 0 Å². The second-order valence-corrected chi connectivity index (χ2v) is 5.72. The summed E-state index contributed by atoms with van der Waals surface area (Å²) in [6, 6.07) is 8.18. The summed E-state index contributed by atoms with van der Waals surface area (Å²) in [7, 11) is 1.77. The fraction of sp³-hybridized carbons (Fsp3) is 0.444. The molecule has 2 rings (SSSR count). The summed E-state index contributed by atoms with van der Waals surface area (Å²) in [5.74, 6) is 1.70. The first-order chi connectivity index (χ1) is 11.7. The van der Waals surface area contributed by atoms with E-state index in [4.69, 9.17) is 4.74 Å². The van der Waals surface area contributed by atoms with E-state index in [1.807, 2.05) is 16.9 Å². The molecular formula is C18H27N5O. The summed E-state index contributed by atoms with van der Waals surface area (Å²) in [6.07, 6.45) is 4.75. The highest BCUT2D eigenvalue weighted by atomic mass is 16.5. The number of aryl methyl sites for hydroxylation is 3. The Morgan fingerprint density at radius 3 is 2.58 bits per heavy atom. The molecule has 0 aliphatic rings. The van der Waals surface area contributed by atoms with Crippen LogP contribution in [0.1, 0.15) is 17.5 Å². The van der Waals surface area contributed by atoms with Crippen molar-refractivity contribution in [1.82, 2.24) is 20.4 Å². The normalized spacial score (nSPS) is 11.4. The van der Waals surface area contributed by atoms with Gasteiger partial charge in [-0.2, -0.15) is 5.10 Å². The topological polar surface area (TPSA) is 63.5 Å². The predicted octanol–water partition coefficient (Wildman–Crippen LogP) is 2.13. The van der Waals surface area contributed by atoms with Gasteiger partial charge in [0.2, 0.25) is 0 Å². The van der Waals surface area contributed by atoms with E-state index in [-0.39, 0.29) is 0 Å². The maximum absolute atomic E-state index is 5.78. The average molecular weight is 329 g/mol. The third-order valence-electron chi connectivity index (χ3n) is 3.50. The van der Waals surface area contributed by atoms with E-state index in [0.29, 0.717) is 13.2 Å². The van der Waals surface area contributed by atoms with Crippen LogP contribution in [0.4, 0.5) is 0 Å². The molecule has 0 atom stereocenters. The molecule has 0 spiro atoms. The van der Waals surface area contributed by atoms with E-state index in [0.717, 1.165) is 31.2 Å². The Balaban J connectivity index is 1.61. The molecule has 0 saturated heterocycles. The van der Waals surface area contributed by atoms with Crippen LogP contribution in [0.5, 0.6) is 5.75 Å². The summed E-state index contributed by atoms with van der Waals surface area (Å²) in [5.41, 5.74) is 2.43. The van der Waals surface area contributed by atoms with Gasteiger partial charge in [-0.3, -0.25) is 9.67 Å². The van der Waals surface area contributed by atoms with Crippen molar-refractivity contribution in [3.8, 4) is 5.75 Å². The van der Waals surface area contributed by atoms with Crippen LogP contribution in [-0.2, 0) is 6.54 Å². The van der Waals surface area contributed by atoms with Gasteiger partial charge in [0.1, 0.15) is 12.4 Å². The van der Waals surface area contributed by atoms with Gasteiger partial charge in [0.05, 0.1) is 6.54 Å². The highest BCUT2D eigenvalue weighted by molar-refractivity contribution is 5.79. The van der Waals surface area contributed by atoms with Crippen LogP contribution in [0, 0.1) is 13.8 Å². The Hall–Kier alpha value is -2.50. The van der Waals surface area contributed by atoms with Crippen molar-refractivity contribution in [3.05, 3.63) is 47.8 Å². The lowest BCUT2D eigenvalue weighted by Crippen LogP contribution is -2.39. The molecule has 0 unspecified atom stereocenters. The lowest BCUT2D eigenvalue weighted by molar-refractivity contribution is 0.321. The highest BCUT2D eigenvalue weighted by Crippen LogP contribution is 2.15. The fourth-order valence-corrected chi connectivity index (χ4v) is 2.46. The molecular weight excluding hydrogens is 302 g/mol. The third kappa shape index (κ3) is 6.32. The quantitative estimate of drug-likeness (QED) is 0.442. The second kappa shape index (κ2) is 9.60. The van der Waals surface area contributed by atoms with Crippen molar-refractivity contribution in [3.63, 3.8) is 0 Å². The summed E-state index contributed by atoms with van der Waals surface area (Å²) < 4.78 is 7.71. The number of aliphatic imine (C=N–C) groups is 1. The van der Waals surface area contributed by atoms with Crippen LogP contribution < -0.4 is 15.4 Å². The minimum atomic E-state index is 0.594. The number of benzene rings is 1. The average Bonchev–Trinajstić information content (AvgIpc) is 3.06. The van der Waals surface area contributed by atoms with Crippen molar-refractivity contribution in [2.24, 2.45) is 4.99 Å². The van der Waals surface area contributed by atoms with E-state index in [2.05, 4.69) is 52.8 Å². The number of aromatic nitrogens is 2. The number of hydrogen-bond donors (Lipinski definition) is 2. The monoisotopic (exact) mass is 329 g/mol. The lowest BCUT2D eigenvalue weighted by Gasteiger charge is -2.13. The Morgan fingerprint density at radius 1 is 1.17 bits per heavy atom. The molecule has 2 aromatic rings. The van der Waals surface area contributed by atoms with Crippen LogP contribution in [0.3, 0.4) is 0 Å². The standard InChI is InChI=1S/C18H27N5O/c1-15-12-16(2)14-17(13-15)24-11-8-21-18(19-3)20-6-4-9-23-10-5-7-22-23/h5,7,10,12-14H,4,6,8-9,11H2,1-3H3,(H2,19,20,21). The van der Waals surface area contributed by atoms with Gasteiger partial charge in [0.25, 0.3) is 0 Å². The van der Waals surface area contributed by atoms with Crippen LogP contribution in [0.2, 0.25) is 0 Å². The first-order valence-electron chi connectivity index (χ1n) is 8.30. The number of ether oxygens (including phenoxy) is 1. The third-order valence-corrected chi connectivity index (χ3v) is 3.50.